The van der Waals surface area contributed by atoms with Gasteiger partial charge in [0.05, 0.1) is 0 Å². The highest BCUT2D eigenvalue weighted by Gasteiger charge is 2.17. The molecular formula is C17H17FN2. The molecule has 20 heavy (non-hydrogen) atoms. The van der Waals surface area contributed by atoms with Crippen LogP contribution >= 0.6 is 0 Å². The summed E-state index contributed by atoms with van der Waals surface area (Å²) in [5.41, 5.74) is 2.79. The van der Waals surface area contributed by atoms with E-state index in [9.17, 15) is 4.39 Å². The van der Waals surface area contributed by atoms with Gasteiger partial charge in [-0.1, -0.05) is 12.1 Å². The molecule has 2 aromatic heterocycles. The SMILES string of the molecule is CC(C)(C)n1ccc2c(-c3cccc(F)c3)ccnc21. The number of hydrogen-bond acceptors (Lipinski definition) is 1. The van der Waals surface area contributed by atoms with Crippen LogP contribution in [0.5, 0.6) is 0 Å². The van der Waals surface area contributed by atoms with Crippen molar-refractivity contribution in [3.05, 3.63) is 54.6 Å². The summed E-state index contributed by atoms with van der Waals surface area (Å²) in [6.45, 7) is 6.43. The van der Waals surface area contributed by atoms with Crippen molar-refractivity contribution in [2.24, 2.45) is 0 Å². The molecule has 0 aliphatic rings. The number of benzene rings is 1. The van der Waals surface area contributed by atoms with E-state index >= 15 is 0 Å². The molecule has 1 aromatic carbocycles. The molecule has 3 aromatic rings. The predicted molar refractivity (Wildman–Crippen MR) is 80.1 cm³/mol. The molecule has 0 saturated carbocycles. The fraction of sp³-hybridized carbons (Fsp3) is 0.235. The molecule has 0 fully saturated rings. The van der Waals surface area contributed by atoms with Crippen LogP contribution in [0.15, 0.2) is 48.8 Å². The molecular weight excluding hydrogens is 251 g/mol. The number of rotatable bonds is 1. The van der Waals surface area contributed by atoms with Gasteiger partial charge in [0.15, 0.2) is 0 Å². The molecule has 0 aliphatic carbocycles. The van der Waals surface area contributed by atoms with Crippen LogP contribution in [0.25, 0.3) is 22.2 Å². The van der Waals surface area contributed by atoms with E-state index in [1.165, 1.54) is 6.07 Å². The lowest BCUT2D eigenvalue weighted by molar-refractivity contribution is 0.408. The number of halogens is 1. The second-order valence-corrected chi connectivity index (χ2v) is 5.96. The van der Waals surface area contributed by atoms with Crippen LogP contribution in [0, 0.1) is 5.82 Å². The molecule has 0 aliphatic heterocycles. The van der Waals surface area contributed by atoms with Gasteiger partial charge in [-0.15, -0.1) is 0 Å². The maximum atomic E-state index is 13.4. The van der Waals surface area contributed by atoms with Crippen LogP contribution in [0.3, 0.4) is 0 Å². The molecule has 0 spiro atoms. The van der Waals surface area contributed by atoms with E-state index in [0.717, 1.165) is 22.2 Å². The Morgan fingerprint density at radius 3 is 2.60 bits per heavy atom. The molecule has 2 heterocycles. The Labute approximate surface area is 117 Å². The van der Waals surface area contributed by atoms with Crippen LogP contribution in [-0.2, 0) is 5.54 Å². The van der Waals surface area contributed by atoms with Gasteiger partial charge in [-0.25, -0.2) is 9.37 Å². The third-order valence-corrected chi connectivity index (χ3v) is 3.45. The minimum absolute atomic E-state index is 0.0324. The molecule has 0 atom stereocenters. The Kier molecular flexibility index (Phi) is 2.85. The number of aromatic nitrogens is 2. The Hall–Kier alpha value is -2.16. The second kappa shape index (κ2) is 4.44. The predicted octanol–water partition coefficient (Wildman–Crippen LogP) is 4.60. The van der Waals surface area contributed by atoms with Crippen molar-refractivity contribution in [2.75, 3.05) is 0 Å². The summed E-state index contributed by atoms with van der Waals surface area (Å²) in [5, 5.41) is 1.05. The van der Waals surface area contributed by atoms with Gasteiger partial charge in [0.1, 0.15) is 11.5 Å². The molecule has 102 valence electrons. The lowest BCUT2D eigenvalue weighted by Crippen LogP contribution is -2.20. The molecule has 0 unspecified atom stereocenters. The molecule has 0 bridgehead atoms. The van der Waals surface area contributed by atoms with E-state index in [-0.39, 0.29) is 11.4 Å². The van der Waals surface area contributed by atoms with Crippen molar-refractivity contribution >= 4 is 11.0 Å². The van der Waals surface area contributed by atoms with Gasteiger partial charge in [-0.3, -0.25) is 0 Å². The van der Waals surface area contributed by atoms with Gasteiger partial charge in [0, 0.05) is 23.3 Å². The number of pyridine rings is 1. The molecule has 0 radical (unpaired) electrons. The fourth-order valence-electron chi connectivity index (χ4n) is 2.49. The molecule has 3 rings (SSSR count). The lowest BCUT2D eigenvalue weighted by atomic mass is 10.0. The van der Waals surface area contributed by atoms with E-state index in [1.54, 1.807) is 18.3 Å². The Balaban J connectivity index is 2.26. The van der Waals surface area contributed by atoms with Gasteiger partial charge in [0.25, 0.3) is 0 Å². The van der Waals surface area contributed by atoms with E-state index in [1.807, 2.05) is 24.4 Å². The first-order valence-corrected chi connectivity index (χ1v) is 6.69. The van der Waals surface area contributed by atoms with Gasteiger partial charge in [0.2, 0.25) is 0 Å². The van der Waals surface area contributed by atoms with Crippen molar-refractivity contribution in [2.45, 2.75) is 26.3 Å². The smallest absolute Gasteiger partial charge is 0.140 e. The highest BCUT2D eigenvalue weighted by Crippen LogP contribution is 2.30. The van der Waals surface area contributed by atoms with E-state index in [2.05, 4.69) is 30.3 Å². The van der Waals surface area contributed by atoms with Crippen molar-refractivity contribution in [3.63, 3.8) is 0 Å². The Morgan fingerprint density at radius 2 is 1.90 bits per heavy atom. The molecule has 0 amide bonds. The van der Waals surface area contributed by atoms with Crippen LogP contribution in [0.2, 0.25) is 0 Å². The first-order chi connectivity index (χ1) is 9.47. The highest BCUT2D eigenvalue weighted by atomic mass is 19.1. The van der Waals surface area contributed by atoms with Crippen LogP contribution in [-0.4, -0.2) is 9.55 Å². The van der Waals surface area contributed by atoms with Crippen molar-refractivity contribution in [1.29, 1.82) is 0 Å². The average molecular weight is 268 g/mol. The maximum Gasteiger partial charge on any atom is 0.140 e. The number of fused-ring (bicyclic) bond motifs is 1. The first-order valence-electron chi connectivity index (χ1n) is 6.69. The van der Waals surface area contributed by atoms with Gasteiger partial charge < -0.3 is 4.57 Å². The van der Waals surface area contributed by atoms with Crippen LogP contribution in [0.4, 0.5) is 4.39 Å². The van der Waals surface area contributed by atoms with Gasteiger partial charge in [-0.05, 0) is 56.2 Å². The average Bonchev–Trinajstić information content (AvgIpc) is 2.82. The zero-order valence-corrected chi connectivity index (χ0v) is 11.9. The summed E-state index contributed by atoms with van der Waals surface area (Å²) in [7, 11) is 0. The largest absolute Gasteiger partial charge is 0.327 e. The third kappa shape index (κ3) is 2.09. The lowest BCUT2D eigenvalue weighted by Gasteiger charge is -2.22. The summed E-state index contributed by atoms with van der Waals surface area (Å²) in [5.74, 6) is -0.220. The summed E-state index contributed by atoms with van der Waals surface area (Å²) >= 11 is 0. The second-order valence-electron chi connectivity index (χ2n) is 5.96. The molecule has 3 heteroatoms. The molecule has 2 nitrogen and oxygen atoms in total. The number of nitrogens with zero attached hydrogens (tertiary/aromatic N) is 2. The van der Waals surface area contributed by atoms with Crippen molar-refractivity contribution < 1.29 is 4.39 Å². The summed E-state index contributed by atoms with van der Waals surface area (Å²) < 4.78 is 15.6. The highest BCUT2D eigenvalue weighted by molar-refractivity contribution is 5.93. The van der Waals surface area contributed by atoms with E-state index < -0.39 is 0 Å². The van der Waals surface area contributed by atoms with Crippen LogP contribution in [0.1, 0.15) is 20.8 Å². The van der Waals surface area contributed by atoms with Gasteiger partial charge >= 0.3 is 0 Å². The Morgan fingerprint density at radius 1 is 1.10 bits per heavy atom. The minimum atomic E-state index is -0.220. The van der Waals surface area contributed by atoms with Crippen LogP contribution < -0.4 is 0 Å². The number of hydrogen-bond donors (Lipinski definition) is 0. The first kappa shape index (κ1) is 12.9. The van der Waals surface area contributed by atoms with Crippen molar-refractivity contribution in [1.82, 2.24) is 9.55 Å². The normalized spacial score (nSPS) is 12.0. The standard InChI is InChI=1S/C17H17FN2/c1-17(2,3)20-10-8-15-14(7-9-19-16(15)20)12-5-4-6-13(18)11-12/h4-11H,1-3H3. The van der Waals surface area contributed by atoms with E-state index in [0.29, 0.717) is 0 Å². The topological polar surface area (TPSA) is 17.8 Å². The molecule has 0 N–H and O–H groups in total. The fourth-order valence-corrected chi connectivity index (χ4v) is 2.49. The zero-order valence-electron chi connectivity index (χ0n) is 11.9. The summed E-state index contributed by atoms with van der Waals surface area (Å²) in [4.78, 5) is 4.49. The summed E-state index contributed by atoms with van der Waals surface area (Å²) in [6.07, 6.45) is 3.82. The van der Waals surface area contributed by atoms with E-state index in [4.69, 9.17) is 0 Å². The quantitative estimate of drug-likeness (QED) is 0.630. The van der Waals surface area contributed by atoms with Crippen molar-refractivity contribution in [3.8, 4) is 11.1 Å². The zero-order chi connectivity index (χ0) is 14.3. The third-order valence-electron chi connectivity index (χ3n) is 3.45. The Bertz CT molecular complexity index is 766. The molecule has 0 saturated heterocycles. The summed E-state index contributed by atoms with van der Waals surface area (Å²) in [6, 6.07) is 10.7. The van der Waals surface area contributed by atoms with Gasteiger partial charge in [-0.2, -0.15) is 0 Å². The maximum absolute atomic E-state index is 13.4. The monoisotopic (exact) mass is 268 g/mol. The minimum Gasteiger partial charge on any atom is -0.327 e.